The van der Waals surface area contributed by atoms with E-state index in [1.807, 2.05) is 0 Å². The van der Waals surface area contributed by atoms with E-state index in [2.05, 4.69) is 97.0 Å². The first-order valence-electron chi connectivity index (χ1n) is 9.04. The van der Waals surface area contributed by atoms with Crippen LogP contribution in [0.5, 0.6) is 0 Å². The SMILES string of the molecule is CC(C)c1ccc(C(C)(C)C)cc1.CC(C)c1ccc(CN)cc1. The molecule has 1 nitrogen and oxygen atoms in total. The first kappa shape index (κ1) is 20.4. The standard InChI is InChI=1S/C13H20.C10H15N/c1-10(2)11-6-8-12(9-7-11)13(3,4)5;1-8(2)10-5-3-9(7-11)4-6-10/h6-10H,1-5H3;3-6,8H,7,11H2,1-2H3. The molecule has 2 aromatic rings. The molecule has 0 fully saturated rings. The number of benzene rings is 2. The molecule has 0 atom stereocenters. The fourth-order valence-corrected chi connectivity index (χ4v) is 2.41. The van der Waals surface area contributed by atoms with Crippen molar-refractivity contribution in [3.8, 4) is 0 Å². The van der Waals surface area contributed by atoms with E-state index in [4.69, 9.17) is 5.73 Å². The molecule has 0 spiro atoms. The minimum Gasteiger partial charge on any atom is -0.326 e. The topological polar surface area (TPSA) is 26.0 Å². The molecule has 24 heavy (non-hydrogen) atoms. The first-order valence-corrected chi connectivity index (χ1v) is 9.04. The van der Waals surface area contributed by atoms with Gasteiger partial charge in [0.05, 0.1) is 0 Å². The second-order valence-electron chi connectivity index (χ2n) is 8.13. The summed E-state index contributed by atoms with van der Waals surface area (Å²) in [7, 11) is 0. The van der Waals surface area contributed by atoms with Crippen molar-refractivity contribution in [1.82, 2.24) is 0 Å². The van der Waals surface area contributed by atoms with Crippen molar-refractivity contribution in [2.75, 3.05) is 0 Å². The van der Waals surface area contributed by atoms with Crippen molar-refractivity contribution >= 4 is 0 Å². The minimum atomic E-state index is 0.273. The van der Waals surface area contributed by atoms with Crippen molar-refractivity contribution in [1.29, 1.82) is 0 Å². The Morgan fingerprint density at radius 3 is 1.38 bits per heavy atom. The Kier molecular flexibility index (Phi) is 7.69. The zero-order valence-corrected chi connectivity index (χ0v) is 16.6. The lowest BCUT2D eigenvalue weighted by Crippen LogP contribution is -2.10. The van der Waals surface area contributed by atoms with Gasteiger partial charge in [0.1, 0.15) is 0 Å². The van der Waals surface area contributed by atoms with Crippen molar-refractivity contribution in [2.24, 2.45) is 5.73 Å². The molecule has 0 aromatic heterocycles. The Morgan fingerprint density at radius 1 is 0.708 bits per heavy atom. The second kappa shape index (κ2) is 9.03. The summed E-state index contributed by atoms with van der Waals surface area (Å²) in [5.41, 5.74) is 11.2. The van der Waals surface area contributed by atoms with Gasteiger partial charge in [-0.3, -0.25) is 0 Å². The molecule has 0 unspecified atom stereocenters. The quantitative estimate of drug-likeness (QED) is 0.696. The number of rotatable bonds is 3. The van der Waals surface area contributed by atoms with Crippen LogP contribution < -0.4 is 5.73 Å². The minimum absolute atomic E-state index is 0.273. The van der Waals surface area contributed by atoms with Crippen molar-refractivity contribution in [2.45, 2.75) is 72.3 Å². The normalized spacial score (nSPS) is 11.4. The summed E-state index contributed by atoms with van der Waals surface area (Å²) in [5, 5.41) is 0. The van der Waals surface area contributed by atoms with Crippen LogP contribution in [-0.2, 0) is 12.0 Å². The molecule has 0 bridgehead atoms. The molecular formula is C23H35N. The van der Waals surface area contributed by atoms with Gasteiger partial charge >= 0.3 is 0 Å². The molecule has 0 amide bonds. The first-order chi connectivity index (χ1) is 11.1. The van der Waals surface area contributed by atoms with Crippen LogP contribution in [0, 0.1) is 0 Å². The maximum atomic E-state index is 5.48. The largest absolute Gasteiger partial charge is 0.326 e. The predicted molar refractivity (Wildman–Crippen MR) is 108 cm³/mol. The molecule has 0 heterocycles. The van der Waals surface area contributed by atoms with Crippen LogP contribution in [0.2, 0.25) is 0 Å². The molecule has 2 aromatic carbocycles. The van der Waals surface area contributed by atoms with Gasteiger partial charge in [0, 0.05) is 6.54 Å². The van der Waals surface area contributed by atoms with Gasteiger partial charge in [-0.15, -0.1) is 0 Å². The van der Waals surface area contributed by atoms with Crippen LogP contribution in [0.15, 0.2) is 48.5 Å². The van der Waals surface area contributed by atoms with Crippen LogP contribution in [-0.4, -0.2) is 0 Å². The monoisotopic (exact) mass is 325 g/mol. The van der Waals surface area contributed by atoms with E-state index in [1.165, 1.54) is 22.3 Å². The summed E-state index contributed by atoms with van der Waals surface area (Å²) in [4.78, 5) is 0. The Labute approximate surface area is 149 Å². The van der Waals surface area contributed by atoms with Gasteiger partial charge in [-0.25, -0.2) is 0 Å². The van der Waals surface area contributed by atoms with Crippen LogP contribution in [0.3, 0.4) is 0 Å². The van der Waals surface area contributed by atoms with E-state index >= 15 is 0 Å². The molecular weight excluding hydrogens is 290 g/mol. The Bertz CT molecular complexity index is 583. The van der Waals surface area contributed by atoms with E-state index in [0.29, 0.717) is 18.4 Å². The van der Waals surface area contributed by atoms with Gasteiger partial charge in [0.25, 0.3) is 0 Å². The van der Waals surface area contributed by atoms with E-state index < -0.39 is 0 Å². The smallest absolute Gasteiger partial charge is 0.0178 e. The average Bonchev–Trinajstić information content (AvgIpc) is 2.54. The summed E-state index contributed by atoms with van der Waals surface area (Å²) < 4.78 is 0. The molecule has 0 aliphatic carbocycles. The van der Waals surface area contributed by atoms with E-state index in [1.54, 1.807) is 0 Å². The van der Waals surface area contributed by atoms with E-state index in [-0.39, 0.29) is 5.41 Å². The fourth-order valence-electron chi connectivity index (χ4n) is 2.41. The predicted octanol–water partition coefficient (Wildman–Crippen LogP) is 6.38. The molecule has 0 radical (unpaired) electrons. The third-order valence-electron chi connectivity index (χ3n) is 4.33. The third-order valence-corrected chi connectivity index (χ3v) is 4.33. The van der Waals surface area contributed by atoms with Crippen LogP contribution in [0.4, 0.5) is 0 Å². The van der Waals surface area contributed by atoms with Crippen LogP contribution in [0.1, 0.15) is 82.6 Å². The van der Waals surface area contributed by atoms with Gasteiger partial charge in [-0.1, -0.05) is 97.0 Å². The van der Waals surface area contributed by atoms with Gasteiger partial charge < -0.3 is 5.73 Å². The summed E-state index contributed by atoms with van der Waals surface area (Å²) in [6.07, 6.45) is 0. The fraction of sp³-hybridized carbons (Fsp3) is 0.478. The average molecular weight is 326 g/mol. The van der Waals surface area contributed by atoms with Gasteiger partial charge in [-0.05, 0) is 39.5 Å². The highest BCUT2D eigenvalue weighted by molar-refractivity contribution is 5.29. The maximum absolute atomic E-state index is 5.48. The van der Waals surface area contributed by atoms with Crippen LogP contribution >= 0.6 is 0 Å². The van der Waals surface area contributed by atoms with Crippen molar-refractivity contribution in [3.63, 3.8) is 0 Å². The Hall–Kier alpha value is -1.60. The molecule has 0 saturated carbocycles. The Balaban J connectivity index is 0.000000243. The third kappa shape index (κ3) is 6.49. The Morgan fingerprint density at radius 2 is 1.08 bits per heavy atom. The lowest BCUT2D eigenvalue weighted by molar-refractivity contribution is 0.589. The number of hydrogen-bond acceptors (Lipinski definition) is 1. The van der Waals surface area contributed by atoms with Gasteiger partial charge in [-0.2, -0.15) is 0 Å². The molecule has 2 N–H and O–H groups in total. The summed E-state index contributed by atoms with van der Waals surface area (Å²) in [6, 6.07) is 17.4. The van der Waals surface area contributed by atoms with E-state index in [0.717, 1.165) is 0 Å². The molecule has 0 aliphatic heterocycles. The number of nitrogens with two attached hydrogens (primary N) is 1. The van der Waals surface area contributed by atoms with Crippen LogP contribution in [0.25, 0.3) is 0 Å². The van der Waals surface area contributed by atoms with Crippen molar-refractivity contribution < 1.29 is 0 Å². The summed E-state index contributed by atoms with van der Waals surface area (Å²) in [5.74, 6) is 1.25. The van der Waals surface area contributed by atoms with Crippen molar-refractivity contribution in [3.05, 3.63) is 70.8 Å². The summed E-state index contributed by atoms with van der Waals surface area (Å²) in [6.45, 7) is 16.2. The highest BCUT2D eigenvalue weighted by atomic mass is 14.5. The molecule has 1 heteroatoms. The summed E-state index contributed by atoms with van der Waals surface area (Å²) >= 11 is 0. The second-order valence-corrected chi connectivity index (χ2v) is 8.13. The van der Waals surface area contributed by atoms with E-state index in [9.17, 15) is 0 Å². The van der Waals surface area contributed by atoms with Gasteiger partial charge in [0.2, 0.25) is 0 Å². The highest BCUT2D eigenvalue weighted by Crippen LogP contribution is 2.24. The van der Waals surface area contributed by atoms with Gasteiger partial charge in [0.15, 0.2) is 0 Å². The lowest BCUT2D eigenvalue weighted by Gasteiger charge is -2.19. The molecule has 2 rings (SSSR count). The lowest BCUT2D eigenvalue weighted by atomic mass is 9.86. The molecule has 132 valence electrons. The zero-order chi connectivity index (χ0) is 18.3. The maximum Gasteiger partial charge on any atom is 0.0178 e. The number of hydrogen-bond donors (Lipinski definition) is 1. The highest BCUT2D eigenvalue weighted by Gasteiger charge is 2.12. The molecule has 0 saturated heterocycles. The zero-order valence-electron chi connectivity index (χ0n) is 16.6. The molecule has 0 aliphatic rings.